The van der Waals surface area contributed by atoms with E-state index in [9.17, 15) is 0 Å². The van der Waals surface area contributed by atoms with Crippen molar-refractivity contribution in [3.63, 3.8) is 0 Å². The highest BCUT2D eigenvalue weighted by molar-refractivity contribution is 7.99. The monoisotopic (exact) mass is 283 g/mol. The van der Waals surface area contributed by atoms with Crippen LogP contribution in [-0.4, -0.2) is 12.8 Å². The van der Waals surface area contributed by atoms with Gasteiger partial charge in [-0.1, -0.05) is 36.4 Å². The van der Waals surface area contributed by atoms with Crippen molar-refractivity contribution in [1.29, 1.82) is 0 Å². The standard InChI is InChI=1S/C18H21NS/c1-13(19-2)14-7-9-17(10-8-14)20-12-16-11-15-5-3-4-6-18(15)16/h3-10,13,16,19H,11-12H2,1-2H3. The van der Waals surface area contributed by atoms with Crippen molar-refractivity contribution in [2.45, 2.75) is 30.2 Å². The Hall–Kier alpha value is -1.25. The lowest BCUT2D eigenvalue weighted by Crippen LogP contribution is -2.18. The minimum atomic E-state index is 0.424. The van der Waals surface area contributed by atoms with Crippen molar-refractivity contribution < 1.29 is 0 Å². The zero-order valence-electron chi connectivity index (χ0n) is 12.1. The Labute approximate surface area is 125 Å². The SMILES string of the molecule is CNC(C)c1ccc(SCC2Cc3ccccc32)cc1. The van der Waals surface area contributed by atoms with E-state index in [0.717, 1.165) is 5.92 Å². The van der Waals surface area contributed by atoms with Crippen LogP contribution < -0.4 is 5.32 Å². The summed E-state index contributed by atoms with van der Waals surface area (Å²) in [4.78, 5) is 1.38. The number of hydrogen-bond acceptors (Lipinski definition) is 2. The zero-order chi connectivity index (χ0) is 13.9. The van der Waals surface area contributed by atoms with Crippen molar-refractivity contribution in [2.75, 3.05) is 12.8 Å². The Morgan fingerprint density at radius 2 is 1.90 bits per heavy atom. The summed E-state index contributed by atoms with van der Waals surface area (Å²) in [5, 5.41) is 3.27. The summed E-state index contributed by atoms with van der Waals surface area (Å²) in [6, 6.07) is 18.2. The van der Waals surface area contributed by atoms with Gasteiger partial charge in [-0.3, -0.25) is 0 Å². The topological polar surface area (TPSA) is 12.0 Å². The van der Waals surface area contributed by atoms with Crippen molar-refractivity contribution in [2.24, 2.45) is 0 Å². The van der Waals surface area contributed by atoms with E-state index in [1.165, 1.54) is 28.2 Å². The van der Waals surface area contributed by atoms with E-state index in [1.807, 2.05) is 18.8 Å². The molecular weight excluding hydrogens is 262 g/mol. The molecule has 0 aliphatic heterocycles. The molecule has 3 rings (SSSR count). The van der Waals surface area contributed by atoms with E-state index < -0.39 is 0 Å². The Kier molecular flexibility index (Phi) is 4.13. The molecule has 1 N–H and O–H groups in total. The molecule has 2 atom stereocenters. The summed E-state index contributed by atoms with van der Waals surface area (Å²) in [6.07, 6.45) is 1.25. The zero-order valence-corrected chi connectivity index (χ0v) is 12.9. The van der Waals surface area contributed by atoms with E-state index in [2.05, 4.69) is 60.8 Å². The largest absolute Gasteiger partial charge is 0.313 e. The van der Waals surface area contributed by atoms with Crippen LogP contribution in [0.5, 0.6) is 0 Å². The fourth-order valence-corrected chi connectivity index (χ4v) is 3.75. The van der Waals surface area contributed by atoms with Crippen LogP contribution in [0.3, 0.4) is 0 Å². The van der Waals surface area contributed by atoms with Crippen LogP contribution in [0, 0.1) is 0 Å². The lowest BCUT2D eigenvalue weighted by molar-refractivity contribution is 0.652. The van der Waals surface area contributed by atoms with E-state index in [-0.39, 0.29) is 0 Å². The first-order valence-corrected chi connectivity index (χ1v) is 8.24. The molecule has 0 radical (unpaired) electrons. The molecule has 0 heterocycles. The smallest absolute Gasteiger partial charge is 0.0289 e. The maximum Gasteiger partial charge on any atom is 0.0289 e. The third-order valence-corrected chi connectivity index (χ3v) is 5.40. The number of benzene rings is 2. The van der Waals surface area contributed by atoms with E-state index in [1.54, 1.807) is 5.56 Å². The van der Waals surface area contributed by atoms with Gasteiger partial charge in [-0.2, -0.15) is 0 Å². The van der Waals surface area contributed by atoms with Gasteiger partial charge in [0.1, 0.15) is 0 Å². The molecule has 0 aromatic heterocycles. The van der Waals surface area contributed by atoms with Gasteiger partial charge in [-0.05, 0) is 55.1 Å². The van der Waals surface area contributed by atoms with Crippen LogP contribution in [0.25, 0.3) is 0 Å². The minimum Gasteiger partial charge on any atom is -0.313 e. The van der Waals surface area contributed by atoms with Crippen LogP contribution in [0.2, 0.25) is 0 Å². The average Bonchev–Trinajstić information content (AvgIpc) is 2.48. The Bertz CT molecular complexity index is 576. The first-order chi connectivity index (χ1) is 9.78. The highest BCUT2D eigenvalue weighted by Gasteiger charge is 2.25. The maximum atomic E-state index is 3.27. The van der Waals surface area contributed by atoms with Gasteiger partial charge in [0.25, 0.3) is 0 Å². The van der Waals surface area contributed by atoms with Crippen LogP contribution in [0.1, 0.15) is 35.6 Å². The molecule has 20 heavy (non-hydrogen) atoms. The Balaban J connectivity index is 1.57. The quantitative estimate of drug-likeness (QED) is 0.816. The van der Waals surface area contributed by atoms with Gasteiger partial charge in [0.15, 0.2) is 0 Å². The molecule has 2 aromatic carbocycles. The summed E-state index contributed by atoms with van der Waals surface area (Å²) in [7, 11) is 2.00. The van der Waals surface area contributed by atoms with Crippen LogP contribution in [0.15, 0.2) is 53.4 Å². The normalized spacial score (nSPS) is 18.2. The predicted octanol–water partition coefficient (Wildman–Crippen LogP) is 4.40. The summed E-state index contributed by atoms with van der Waals surface area (Å²) in [5.74, 6) is 1.94. The lowest BCUT2D eigenvalue weighted by atomic mass is 9.79. The fourth-order valence-electron chi connectivity index (χ4n) is 2.73. The van der Waals surface area contributed by atoms with E-state index >= 15 is 0 Å². The van der Waals surface area contributed by atoms with Crippen molar-refractivity contribution >= 4 is 11.8 Å². The predicted molar refractivity (Wildman–Crippen MR) is 87.5 cm³/mol. The fraction of sp³-hybridized carbons (Fsp3) is 0.333. The van der Waals surface area contributed by atoms with E-state index in [4.69, 9.17) is 0 Å². The number of hydrogen-bond donors (Lipinski definition) is 1. The molecule has 1 nitrogen and oxygen atoms in total. The van der Waals surface area contributed by atoms with Crippen LogP contribution in [-0.2, 0) is 6.42 Å². The number of rotatable bonds is 5. The van der Waals surface area contributed by atoms with Crippen molar-refractivity contribution in [1.82, 2.24) is 5.32 Å². The maximum absolute atomic E-state index is 3.27. The van der Waals surface area contributed by atoms with Crippen molar-refractivity contribution in [3.8, 4) is 0 Å². The van der Waals surface area contributed by atoms with Gasteiger partial charge in [-0.15, -0.1) is 11.8 Å². The molecule has 0 fully saturated rings. The molecular formula is C18H21NS. The molecule has 1 aliphatic rings. The summed E-state index contributed by atoms with van der Waals surface area (Å²) in [5.41, 5.74) is 4.45. The van der Waals surface area contributed by atoms with E-state index in [0.29, 0.717) is 6.04 Å². The van der Waals surface area contributed by atoms with Gasteiger partial charge in [0.05, 0.1) is 0 Å². The lowest BCUT2D eigenvalue weighted by Gasteiger charge is -2.29. The second-order valence-electron chi connectivity index (χ2n) is 5.49. The van der Waals surface area contributed by atoms with Gasteiger partial charge < -0.3 is 5.32 Å². The highest BCUT2D eigenvalue weighted by Crippen LogP contribution is 2.38. The first-order valence-electron chi connectivity index (χ1n) is 7.25. The number of nitrogens with one attached hydrogen (secondary N) is 1. The third kappa shape index (κ3) is 2.77. The second-order valence-corrected chi connectivity index (χ2v) is 6.58. The average molecular weight is 283 g/mol. The minimum absolute atomic E-state index is 0.424. The Morgan fingerprint density at radius 3 is 2.60 bits per heavy atom. The molecule has 104 valence electrons. The highest BCUT2D eigenvalue weighted by atomic mass is 32.2. The molecule has 2 aromatic rings. The summed E-state index contributed by atoms with van der Waals surface area (Å²) in [6.45, 7) is 2.19. The first kappa shape index (κ1) is 13.7. The Morgan fingerprint density at radius 1 is 1.15 bits per heavy atom. The molecule has 0 spiro atoms. The van der Waals surface area contributed by atoms with Crippen LogP contribution in [0.4, 0.5) is 0 Å². The molecule has 0 saturated carbocycles. The molecule has 2 heteroatoms. The number of fused-ring (bicyclic) bond motifs is 1. The van der Waals surface area contributed by atoms with Gasteiger partial charge in [0.2, 0.25) is 0 Å². The molecule has 2 unspecified atom stereocenters. The summed E-state index contributed by atoms with van der Waals surface area (Å²) >= 11 is 1.98. The van der Waals surface area contributed by atoms with Crippen molar-refractivity contribution in [3.05, 3.63) is 65.2 Å². The second kappa shape index (κ2) is 6.02. The molecule has 0 saturated heterocycles. The summed E-state index contributed by atoms with van der Waals surface area (Å²) < 4.78 is 0. The molecule has 1 aliphatic carbocycles. The molecule has 0 bridgehead atoms. The van der Waals surface area contributed by atoms with Gasteiger partial charge in [0, 0.05) is 16.7 Å². The number of thioether (sulfide) groups is 1. The molecule has 0 amide bonds. The third-order valence-electron chi connectivity index (χ3n) is 4.23. The van der Waals surface area contributed by atoms with Gasteiger partial charge >= 0.3 is 0 Å². The van der Waals surface area contributed by atoms with Gasteiger partial charge in [-0.25, -0.2) is 0 Å². The van der Waals surface area contributed by atoms with Crippen LogP contribution >= 0.6 is 11.8 Å².